The molecule has 1 aliphatic rings. The van der Waals surface area contributed by atoms with Crippen LogP contribution in [0.2, 0.25) is 0 Å². The summed E-state index contributed by atoms with van der Waals surface area (Å²) >= 11 is 0. The molecule has 1 saturated heterocycles. The number of amides is 1. The third-order valence-electron chi connectivity index (χ3n) is 5.79. The van der Waals surface area contributed by atoms with Gasteiger partial charge >= 0.3 is 0 Å². The summed E-state index contributed by atoms with van der Waals surface area (Å²) in [5.41, 5.74) is 5.43. The van der Waals surface area contributed by atoms with Crippen molar-refractivity contribution >= 4 is 11.6 Å². The summed E-state index contributed by atoms with van der Waals surface area (Å²) in [4.78, 5) is 17.1. The summed E-state index contributed by atoms with van der Waals surface area (Å²) in [6.07, 6.45) is 0.427. The predicted molar refractivity (Wildman–Crippen MR) is 123 cm³/mol. The van der Waals surface area contributed by atoms with E-state index in [1.54, 1.807) is 0 Å². The Morgan fingerprint density at radius 2 is 1.65 bits per heavy atom. The number of nitrogens with zero attached hydrogens (tertiary/aromatic N) is 4. The number of anilines is 1. The molecule has 162 valence electrons. The Hall–Kier alpha value is -3.28. The number of carbonyl (C=O) groups is 1. The molecule has 0 N–H and O–H groups in total. The average molecular weight is 419 g/mol. The van der Waals surface area contributed by atoms with Crippen molar-refractivity contribution in [2.45, 2.75) is 27.2 Å². The summed E-state index contributed by atoms with van der Waals surface area (Å²) in [5.74, 6) is 1.02. The van der Waals surface area contributed by atoms with Gasteiger partial charge in [0, 0.05) is 26.2 Å². The summed E-state index contributed by atoms with van der Waals surface area (Å²) in [7, 11) is 0. The van der Waals surface area contributed by atoms with Gasteiger partial charge in [0.2, 0.25) is 5.91 Å². The van der Waals surface area contributed by atoms with Crippen LogP contribution >= 0.6 is 0 Å². The van der Waals surface area contributed by atoms with Gasteiger partial charge in [-0.15, -0.1) is 0 Å². The van der Waals surface area contributed by atoms with E-state index >= 15 is 0 Å². The number of para-hydroxylation sites is 1. The van der Waals surface area contributed by atoms with Crippen molar-refractivity contribution in [1.29, 1.82) is 0 Å². The van der Waals surface area contributed by atoms with E-state index in [4.69, 9.17) is 9.84 Å². The van der Waals surface area contributed by atoms with E-state index in [-0.39, 0.29) is 5.91 Å². The van der Waals surface area contributed by atoms with Gasteiger partial charge in [0.15, 0.2) is 0 Å². The standard InChI is InChI=1S/C25H30N4O2/c1-4-31-23-12-10-21(11-13-23)18-24(30)27-14-16-28(17-15-27)25-19(2)26-29(20(25)3)22-8-6-5-7-9-22/h5-13H,4,14-18H2,1-3H3. The number of rotatable bonds is 6. The van der Waals surface area contributed by atoms with E-state index < -0.39 is 0 Å². The Labute approximate surface area is 184 Å². The smallest absolute Gasteiger partial charge is 0.227 e. The fourth-order valence-electron chi connectivity index (χ4n) is 4.25. The van der Waals surface area contributed by atoms with E-state index in [9.17, 15) is 4.79 Å². The lowest BCUT2D eigenvalue weighted by atomic mass is 10.1. The van der Waals surface area contributed by atoms with Crippen LogP contribution in [0.1, 0.15) is 23.9 Å². The number of hydrogen-bond acceptors (Lipinski definition) is 4. The first-order valence-corrected chi connectivity index (χ1v) is 10.9. The number of aromatic nitrogens is 2. The minimum absolute atomic E-state index is 0.178. The van der Waals surface area contributed by atoms with E-state index in [0.717, 1.165) is 54.6 Å². The Bertz CT molecular complexity index is 1020. The molecule has 0 bridgehead atoms. The topological polar surface area (TPSA) is 50.6 Å². The highest BCUT2D eigenvalue weighted by Gasteiger charge is 2.25. The molecule has 2 aromatic carbocycles. The van der Waals surface area contributed by atoms with Crippen LogP contribution < -0.4 is 9.64 Å². The average Bonchev–Trinajstić information content (AvgIpc) is 3.10. The van der Waals surface area contributed by atoms with Gasteiger partial charge in [0.05, 0.1) is 35.8 Å². The fraction of sp³-hybridized carbons (Fsp3) is 0.360. The normalized spacial score (nSPS) is 14.0. The van der Waals surface area contributed by atoms with Crippen LogP contribution in [0.5, 0.6) is 5.75 Å². The van der Waals surface area contributed by atoms with Crippen molar-refractivity contribution in [2.24, 2.45) is 0 Å². The van der Waals surface area contributed by atoms with Crippen LogP contribution in [0.25, 0.3) is 5.69 Å². The van der Waals surface area contributed by atoms with Crippen molar-refractivity contribution < 1.29 is 9.53 Å². The van der Waals surface area contributed by atoms with Crippen LogP contribution in [0.15, 0.2) is 54.6 Å². The highest BCUT2D eigenvalue weighted by molar-refractivity contribution is 5.79. The van der Waals surface area contributed by atoms with Gasteiger partial charge in [-0.25, -0.2) is 4.68 Å². The first-order chi connectivity index (χ1) is 15.1. The van der Waals surface area contributed by atoms with Gasteiger partial charge in [0.1, 0.15) is 5.75 Å². The second-order valence-electron chi connectivity index (χ2n) is 7.89. The molecule has 31 heavy (non-hydrogen) atoms. The van der Waals surface area contributed by atoms with Gasteiger partial charge in [0.25, 0.3) is 0 Å². The van der Waals surface area contributed by atoms with E-state index in [0.29, 0.717) is 13.0 Å². The predicted octanol–water partition coefficient (Wildman–Crippen LogP) is 3.78. The summed E-state index contributed by atoms with van der Waals surface area (Å²) in [5, 5.41) is 4.77. The number of hydrogen-bond donors (Lipinski definition) is 0. The molecular formula is C25H30N4O2. The number of benzene rings is 2. The molecule has 0 atom stereocenters. The van der Waals surface area contributed by atoms with E-state index in [1.807, 2.05) is 59.0 Å². The monoisotopic (exact) mass is 418 g/mol. The lowest BCUT2D eigenvalue weighted by Gasteiger charge is -2.36. The highest BCUT2D eigenvalue weighted by Crippen LogP contribution is 2.27. The zero-order chi connectivity index (χ0) is 21.8. The molecule has 0 spiro atoms. The number of piperazine rings is 1. The Morgan fingerprint density at radius 3 is 2.29 bits per heavy atom. The maximum atomic E-state index is 12.8. The number of ether oxygens (including phenoxy) is 1. The molecule has 1 fully saturated rings. The SMILES string of the molecule is CCOc1ccc(CC(=O)N2CCN(c3c(C)nn(-c4ccccc4)c3C)CC2)cc1. The Kier molecular flexibility index (Phi) is 6.26. The van der Waals surface area contributed by atoms with Gasteiger partial charge in [-0.1, -0.05) is 30.3 Å². The molecule has 2 heterocycles. The molecule has 0 radical (unpaired) electrons. The van der Waals surface area contributed by atoms with Crippen LogP contribution in [-0.2, 0) is 11.2 Å². The van der Waals surface area contributed by atoms with Gasteiger partial charge in [-0.2, -0.15) is 5.10 Å². The van der Waals surface area contributed by atoms with E-state index in [1.165, 1.54) is 5.69 Å². The largest absolute Gasteiger partial charge is 0.494 e. The van der Waals surface area contributed by atoms with E-state index in [2.05, 4.69) is 30.9 Å². The lowest BCUT2D eigenvalue weighted by molar-refractivity contribution is -0.130. The molecule has 0 aliphatic carbocycles. The minimum atomic E-state index is 0.178. The lowest BCUT2D eigenvalue weighted by Crippen LogP contribution is -2.49. The van der Waals surface area contributed by atoms with Crippen molar-refractivity contribution in [1.82, 2.24) is 14.7 Å². The first kappa shape index (κ1) is 21.0. The van der Waals surface area contributed by atoms with Crippen LogP contribution in [-0.4, -0.2) is 53.4 Å². The van der Waals surface area contributed by atoms with Crippen LogP contribution in [0, 0.1) is 13.8 Å². The molecule has 6 heteroatoms. The zero-order valence-electron chi connectivity index (χ0n) is 18.5. The molecule has 0 saturated carbocycles. The van der Waals surface area contributed by atoms with Crippen molar-refractivity contribution in [3.63, 3.8) is 0 Å². The van der Waals surface area contributed by atoms with Crippen molar-refractivity contribution in [3.05, 3.63) is 71.5 Å². The zero-order valence-corrected chi connectivity index (χ0v) is 18.5. The van der Waals surface area contributed by atoms with Crippen molar-refractivity contribution in [3.8, 4) is 11.4 Å². The van der Waals surface area contributed by atoms with Crippen molar-refractivity contribution in [2.75, 3.05) is 37.7 Å². The molecular weight excluding hydrogens is 388 g/mol. The second-order valence-corrected chi connectivity index (χ2v) is 7.89. The quantitative estimate of drug-likeness (QED) is 0.611. The third kappa shape index (κ3) is 4.58. The molecule has 3 aromatic rings. The molecule has 1 aliphatic heterocycles. The van der Waals surface area contributed by atoms with Gasteiger partial charge in [-0.05, 0) is 50.6 Å². The third-order valence-corrected chi connectivity index (χ3v) is 5.79. The minimum Gasteiger partial charge on any atom is -0.494 e. The molecule has 4 rings (SSSR count). The Balaban J connectivity index is 1.38. The van der Waals surface area contributed by atoms with Crippen LogP contribution in [0.4, 0.5) is 5.69 Å². The molecule has 1 amide bonds. The second kappa shape index (κ2) is 9.25. The fourth-order valence-corrected chi connectivity index (χ4v) is 4.25. The maximum absolute atomic E-state index is 12.8. The highest BCUT2D eigenvalue weighted by atomic mass is 16.5. The molecule has 0 unspecified atom stereocenters. The molecule has 1 aromatic heterocycles. The number of aryl methyl sites for hydroxylation is 1. The summed E-state index contributed by atoms with van der Waals surface area (Å²) in [6, 6.07) is 18.0. The van der Waals surface area contributed by atoms with Gasteiger partial charge < -0.3 is 14.5 Å². The maximum Gasteiger partial charge on any atom is 0.227 e. The molecule has 6 nitrogen and oxygen atoms in total. The number of carbonyl (C=O) groups excluding carboxylic acids is 1. The Morgan fingerprint density at radius 1 is 0.968 bits per heavy atom. The first-order valence-electron chi connectivity index (χ1n) is 10.9. The summed E-state index contributed by atoms with van der Waals surface area (Å²) < 4.78 is 7.49. The van der Waals surface area contributed by atoms with Gasteiger partial charge in [-0.3, -0.25) is 4.79 Å². The van der Waals surface area contributed by atoms with Crippen LogP contribution in [0.3, 0.4) is 0 Å². The summed E-state index contributed by atoms with van der Waals surface area (Å²) in [6.45, 7) is 9.88.